The number of nitrogens with one attached hydrogen (secondary N) is 1. The second-order valence-corrected chi connectivity index (χ2v) is 6.29. The van der Waals surface area contributed by atoms with Crippen LogP contribution in [-0.4, -0.2) is 28.5 Å². The molecule has 0 aliphatic heterocycles. The molecule has 3 rings (SSSR count). The summed E-state index contributed by atoms with van der Waals surface area (Å²) in [6.07, 6.45) is -4.72. The van der Waals surface area contributed by atoms with Crippen LogP contribution >= 0.6 is 0 Å². The van der Waals surface area contributed by atoms with Gasteiger partial charge < -0.3 is 15.3 Å². The average Bonchev–Trinajstić information content (AvgIpc) is 2.68. The minimum atomic E-state index is -5.22. The zero-order valence-electron chi connectivity index (χ0n) is 15.1. The lowest BCUT2D eigenvalue weighted by Gasteiger charge is -2.12. The third-order valence-corrected chi connectivity index (χ3v) is 4.22. The number of aromatic hydroxyl groups is 1. The van der Waals surface area contributed by atoms with E-state index in [1.165, 1.54) is 12.1 Å². The van der Waals surface area contributed by atoms with Crippen LogP contribution in [0.4, 0.5) is 13.2 Å². The molecule has 0 radical (unpaired) electrons. The van der Waals surface area contributed by atoms with Crippen molar-refractivity contribution < 1.29 is 27.9 Å². The molecule has 0 unspecified atom stereocenters. The summed E-state index contributed by atoms with van der Waals surface area (Å²) in [5.41, 5.74) is 0.641. The number of carbonyl (C=O) groups excluding carboxylic acids is 1. The fourth-order valence-electron chi connectivity index (χ4n) is 2.75. The van der Waals surface area contributed by atoms with E-state index in [1.54, 1.807) is 30.3 Å². The van der Waals surface area contributed by atoms with Crippen molar-refractivity contribution in [3.05, 3.63) is 76.1 Å². The van der Waals surface area contributed by atoms with Gasteiger partial charge in [-0.15, -0.1) is 4.73 Å². The number of benzene rings is 2. The van der Waals surface area contributed by atoms with Crippen LogP contribution in [0.5, 0.6) is 5.75 Å². The Balaban J connectivity index is 1.74. The van der Waals surface area contributed by atoms with Crippen LogP contribution in [0, 0.1) is 0 Å². The van der Waals surface area contributed by atoms with Gasteiger partial charge in [-0.1, -0.05) is 30.3 Å². The molecule has 9 heteroatoms. The summed E-state index contributed by atoms with van der Waals surface area (Å²) in [7, 11) is 0. The first-order valence-electron chi connectivity index (χ1n) is 8.67. The van der Waals surface area contributed by atoms with Gasteiger partial charge in [0.2, 0.25) is 0 Å². The Labute approximate surface area is 163 Å². The van der Waals surface area contributed by atoms with Gasteiger partial charge >= 0.3 is 12.1 Å². The van der Waals surface area contributed by atoms with E-state index in [-0.39, 0.29) is 11.3 Å². The Morgan fingerprint density at radius 1 is 1.10 bits per heavy atom. The molecule has 1 heterocycles. The highest BCUT2D eigenvalue weighted by Gasteiger charge is 2.42. The molecule has 2 N–H and O–H groups in total. The maximum atomic E-state index is 12.5. The summed E-state index contributed by atoms with van der Waals surface area (Å²) in [6, 6.07) is 14.3. The molecule has 0 saturated carbocycles. The van der Waals surface area contributed by atoms with E-state index in [2.05, 4.69) is 10.2 Å². The van der Waals surface area contributed by atoms with Gasteiger partial charge in [0.15, 0.2) is 0 Å². The molecule has 0 aliphatic rings. The van der Waals surface area contributed by atoms with Crippen LogP contribution < -0.4 is 15.7 Å². The number of halogens is 3. The normalized spacial score (nSPS) is 11.6. The van der Waals surface area contributed by atoms with E-state index in [1.807, 2.05) is 6.07 Å². The molecular weight excluding hydrogens is 389 g/mol. The zero-order chi connectivity index (χ0) is 21.0. The highest BCUT2D eigenvalue weighted by molar-refractivity contribution is 5.81. The van der Waals surface area contributed by atoms with Gasteiger partial charge in [-0.25, -0.2) is 4.79 Å². The number of aromatic nitrogens is 1. The zero-order valence-corrected chi connectivity index (χ0v) is 15.1. The maximum absolute atomic E-state index is 12.5. The van der Waals surface area contributed by atoms with E-state index < -0.39 is 17.7 Å². The summed E-state index contributed by atoms with van der Waals surface area (Å²) < 4.78 is 37.9. The third kappa shape index (κ3) is 4.94. The lowest BCUT2D eigenvalue weighted by Crippen LogP contribution is -2.38. The van der Waals surface area contributed by atoms with Crippen molar-refractivity contribution in [1.82, 2.24) is 10.0 Å². The fraction of sp³-hybridized carbons (Fsp3) is 0.200. The van der Waals surface area contributed by atoms with Crippen LogP contribution in [0.1, 0.15) is 11.1 Å². The molecule has 0 aliphatic carbocycles. The minimum Gasteiger partial charge on any atom is -0.508 e. The second kappa shape index (κ2) is 8.36. The fourth-order valence-corrected chi connectivity index (χ4v) is 2.75. The smallest absolute Gasteiger partial charge is 0.493 e. The third-order valence-electron chi connectivity index (χ3n) is 4.22. The molecule has 3 aromatic rings. The Hall–Kier alpha value is -3.33. The molecule has 2 aromatic carbocycles. The van der Waals surface area contributed by atoms with Crippen LogP contribution in [0.2, 0.25) is 0 Å². The second-order valence-electron chi connectivity index (χ2n) is 6.29. The molecule has 0 amide bonds. The first-order valence-corrected chi connectivity index (χ1v) is 8.67. The highest BCUT2D eigenvalue weighted by atomic mass is 19.4. The predicted molar refractivity (Wildman–Crippen MR) is 99.4 cm³/mol. The lowest BCUT2D eigenvalue weighted by atomic mass is 10.1. The van der Waals surface area contributed by atoms with Crippen molar-refractivity contribution in [2.24, 2.45) is 0 Å². The molecule has 0 spiro atoms. The van der Waals surface area contributed by atoms with Crippen LogP contribution in [0.25, 0.3) is 10.9 Å². The van der Waals surface area contributed by atoms with E-state index in [4.69, 9.17) is 0 Å². The SMILES string of the molecule is O=C(On1c(=O)ccc2ccc(CCNCc3ccccc3O)cc21)C(F)(F)F. The summed E-state index contributed by atoms with van der Waals surface area (Å²) >= 11 is 0. The van der Waals surface area contributed by atoms with Crippen LogP contribution in [0.3, 0.4) is 0 Å². The minimum absolute atomic E-state index is 0.0632. The van der Waals surface area contributed by atoms with Crippen molar-refractivity contribution in [3.8, 4) is 5.75 Å². The first kappa shape index (κ1) is 20.4. The highest BCUT2D eigenvalue weighted by Crippen LogP contribution is 2.18. The topological polar surface area (TPSA) is 80.6 Å². The molecule has 29 heavy (non-hydrogen) atoms. The van der Waals surface area contributed by atoms with Gasteiger partial charge in [-0.05, 0) is 36.7 Å². The predicted octanol–water partition coefficient (Wildman–Crippen LogP) is 2.56. The molecule has 0 bridgehead atoms. The summed E-state index contributed by atoms with van der Waals surface area (Å²) in [4.78, 5) is 27.4. The number of alkyl halides is 3. The van der Waals surface area contributed by atoms with E-state index >= 15 is 0 Å². The Morgan fingerprint density at radius 3 is 2.55 bits per heavy atom. The van der Waals surface area contributed by atoms with Gasteiger partial charge in [0.25, 0.3) is 5.56 Å². The van der Waals surface area contributed by atoms with Gasteiger partial charge in [0, 0.05) is 23.6 Å². The molecule has 6 nitrogen and oxygen atoms in total. The molecule has 0 saturated heterocycles. The quantitative estimate of drug-likeness (QED) is 0.615. The maximum Gasteiger partial charge on any atom is 0.493 e. The number of hydrogen-bond acceptors (Lipinski definition) is 5. The molecule has 0 fully saturated rings. The lowest BCUT2D eigenvalue weighted by molar-refractivity contribution is -0.199. The standard InChI is InChI=1S/C20H17F3N2O4/c21-20(22,23)19(28)29-25-16-11-13(5-6-14(16)7-8-18(25)27)9-10-24-12-15-3-1-2-4-17(15)26/h1-8,11,24,26H,9-10,12H2. The van der Waals surface area contributed by atoms with E-state index in [9.17, 15) is 27.9 Å². The summed E-state index contributed by atoms with van der Waals surface area (Å²) in [5.74, 6) is -2.29. The summed E-state index contributed by atoms with van der Waals surface area (Å²) in [5, 5.41) is 13.3. The van der Waals surface area contributed by atoms with Crippen molar-refractivity contribution >= 4 is 16.9 Å². The van der Waals surface area contributed by atoms with Crippen molar-refractivity contribution in [2.45, 2.75) is 19.1 Å². The van der Waals surface area contributed by atoms with Gasteiger partial charge in [0.1, 0.15) is 5.75 Å². The van der Waals surface area contributed by atoms with Crippen molar-refractivity contribution in [2.75, 3.05) is 6.54 Å². The largest absolute Gasteiger partial charge is 0.508 e. The number of phenols is 1. The Kier molecular flexibility index (Phi) is 5.88. The number of hydrogen-bond donors (Lipinski definition) is 2. The van der Waals surface area contributed by atoms with E-state index in [0.717, 1.165) is 17.2 Å². The van der Waals surface area contributed by atoms with Gasteiger partial charge in [0.05, 0.1) is 5.52 Å². The Bertz CT molecular complexity index is 1090. The number of rotatable bonds is 6. The number of nitrogens with zero attached hydrogens (tertiary/aromatic N) is 1. The monoisotopic (exact) mass is 406 g/mol. The average molecular weight is 406 g/mol. The van der Waals surface area contributed by atoms with Crippen molar-refractivity contribution in [3.63, 3.8) is 0 Å². The molecule has 0 atom stereocenters. The molecule has 152 valence electrons. The summed E-state index contributed by atoms with van der Waals surface area (Å²) in [6.45, 7) is 0.952. The van der Waals surface area contributed by atoms with E-state index in [0.29, 0.717) is 29.6 Å². The number of fused-ring (bicyclic) bond motifs is 1. The van der Waals surface area contributed by atoms with Crippen LogP contribution in [0.15, 0.2) is 59.4 Å². The first-order chi connectivity index (χ1) is 13.8. The Morgan fingerprint density at radius 2 is 1.83 bits per heavy atom. The molecular formula is C20H17F3N2O4. The molecule has 1 aromatic heterocycles. The van der Waals surface area contributed by atoms with Gasteiger partial charge in [-0.3, -0.25) is 4.79 Å². The van der Waals surface area contributed by atoms with Crippen LogP contribution in [-0.2, 0) is 17.8 Å². The number of carbonyl (C=O) groups is 1. The number of pyridine rings is 1. The van der Waals surface area contributed by atoms with Crippen molar-refractivity contribution in [1.29, 1.82) is 0 Å². The van der Waals surface area contributed by atoms with Gasteiger partial charge in [-0.2, -0.15) is 13.2 Å². The number of para-hydroxylation sites is 1. The number of phenolic OH excluding ortho intramolecular Hbond substituents is 1.